The maximum Gasteiger partial charge on any atom is 0.268 e. The Morgan fingerprint density at radius 1 is 0.822 bits per heavy atom. The Bertz CT molecular complexity index is 1860. The molecular formula is C27H44O13S5. The second kappa shape index (κ2) is 13.8. The van der Waals surface area contributed by atoms with Crippen LogP contribution in [0, 0.1) is 11.8 Å². The van der Waals surface area contributed by atoms with E-state index in [-0.39, 0.29) is 17.9 Å². The highest BCUT2D eigenvalue weighted by atomic mass is 32.2. The van der Waals surface area contributed by atoms with Crippen molar-refractivity contribution in [3.63, 3.8) is 0 Å². The summed E-state index contributed by atoms with van der Waals surface area (Å²) in [5, 5.41) is 0. The van der Waals surface area contributed by atoms with E-state index in [1.54, 1.807) is 6.08 Å². The smallest absolute Gasteiger partial charge is 0.268 e. The van der Waals surface area contributed by atoms with Crippen molar-refractivity contribution in [2.45, 2.75) is 91.9 Å². The van der Waals surface area contributed by atoms with Crippen molar-refractivity contribution in [1.82, 2.24) is 0 Å². The Labute approximate surface area is 268 Å². The van der Waals surface area contributed by atoms with E-state index < -0.39 is 98.9 Å². The van der Waals surface area contributed by atoms with Crippen molar-refractivity contribution in [2.24, 2.45) is 11.8 Å². The predicted octanol–water partition coefficient (Wildman–Crippen LogP) is 3.03. The molecule has 0 amide bonds. The van der Waals surface area contributed by atoms with Crippen molar-refractivity contribution in [1.29, 1.82) is 0 Å². The van der Waals surface area contributed by atoms with Gasteiger partial charge in [0.05, 0.1) is 0 Å². The molecule has 3 atom stereocenters. The van der Waals surface area contributed by atoms with E-state index in [9.17, 15) is 46.6 Å². The van der Waals surface area contributed by atoms with Crippen LogP contribution in [-0.2, 0) is 55.9 Å². The molecule has 1 aliphatic heterocycles. The van der Waals surface area contributed by atoms with Gasteiger partial charge in [0, 0.05) is 37.0 Å². The summed E-state index contributed by atoms with van der Waals surface area (Å²) in [5.41, 5.74) is -0.339. The summed E-state index contributed by atoms with van der Waals surface area (Å²) in [4.78, 5) is -5.12. The first kappa shape index (κ1) is 39.4. The zero-order valence-corrected chi connectivity index (χ0v) is 30.8. The minimum Gasteiger partial charge on any atom is -0.487 e. The van der Waals surface area contributed by atoms with Crippen LogP contribution >= 0.6 is 0 Å². The molecule has 0 aliphatic carbocycles. The van der Waals surface area contributed by atoms with Gasteiger partial charge < -0.3 is 9.47 Å². The molecular weight excluding hydrogens is 693 g/mol. The Balaban J connectivity index is 2.94. The normalized spacial score (nSPS) is 19.7. The fourth-order valence-electron chi connectivity index (χ4n) is 5.22. The molecule has 0 saturated heterocycles. The highest BCUT2D eigenvalue weighted by Gasteiger charge is 2.49. The molecule has 0 bridgehead atoms. The molecule has 1 aromatic carbocycles. The lowest BCUT2D eigenvalue weighted by Crippen LogP contribution is -2.45. The molecule has 18 heteroatoms. The standard InChI is InChI=1S/C27H44O13S5/c1-18(2)11-9-12-19(3)13-10-15-27(44(8,34)35)16-14-21-22(40-27)25(42(6,30)31)26(43(7,32)33)23(24(21)41(5,28)29)39-20(4)17-45(36,37)38/h10,15,18-20H,9,11-14,16-17H2,1-8H3,(H,36,37,38). The van der Waals surface area contributed by atoms with Crippen LogP contribution in [0.25, 0.3) is 0 Å². The number of allylic oxidation sites excluding steroid dienone is 1. The maximum atomic E-state index is 13.3. The lowest BCUT2D eigenvalue weighted by atomic mass is 9.96. The van der Waals surface area contributed by atoms with Crippen LogP contribution in [0.15, 0.2) is 26.8 Å². The quantitative estimate of drug-likeness (QED) is 0.203. The summed E-state index contributed by atoms with van der Waals surface area (Å²) in [6.07, 6.45) is 6.74. The monoisotopic (exact) mass is 736 g/mol. The Morgan fingerprint density at radius 2 is 1.36 bits per heavy atom. The minimum absolute atomic E-state index is 0.178. The summed E-state index contributed by atoms with van der Waals surface area (Å²) in [6, 6.07) is 0. The molecule has 1 aliphatic rings. The second-order valence-corrected chi connectivity index (χ2v) is 22.0. The van der Waals surface area contributed by atoms with Crippen molar-refractivity contribution < 1.29 is 56.1 Å². The Hall–Kier alpha value is -1.73. The number of sulfone groups is 4. The Kier molecular flexibility index (Phi) is 12.1. The van der Waals surface area contributed by atoms with Crippen LogP contribution in [-0.4, -0.2) is 88.5 Å². The molecule has 0 saturated carbocycles. The van der Waals surface area contributed by atoms with E-state index in [1.165, 1.54) is 6.08 Å². The molecule has 260 valence electrons. The summed E-state index contributed by atoms with van der Waals surface area (Å²) in [6.45, 7) is 7.33. The van der Waals surface area contributed by atoms with Crippen LogP contribution in [0.2, 0.25) is 0 Å². The number of fused-ring (bicyclic) bond motifs is 1. The Morgan fingerprint density at radius 3 is 1.80 bits per heavy atom. The third-order valence-corrected chi connectivity index (χ3v) is 13.4. The maximum absolute atomic E-state index is 13.3. The fraction of sp³-hybridized carbons (Fsp3) is 0.704. The number of benzene rings is 1. The SMILES string of the molecule is CC(C)CCCC(C)CC=CC1(S(C)(=O)=O)CCc2c(c(S(C)(=O)=O)c(S(C)(=O)=O)c(OC(C)CS(=O)(=O)O)c2S(C)(=O)=O)O1. The summed E-state index contributed by atoms with van der Waals surface area (Å²) >= 11 is 0. The van der Waals surface area contributed by atoms with Gasteiger partial charge in [-0.05, 0) is 37.7 Å². The van der Waals surface area contributed by atoms with E-state index in [0.717, 1.165) is 32.4 Å². The van der Waals surface area contributed by atoms with Gasteiger partial charge in [0.15, 0.2) is 45.1 Å². The molecule has 45 heavy (non-hydrogen) atoms. The number of hydrogen-bond acceptors (Lipinski definition) is 12. The molecule has 0 spiro atoms. The molecule has 1 N–H and O–H groups in total. The molecule has 0 radical (unpaired) electrons. The van der Waals surface area contributed by atoms with Crippen LogP contribution in [0.1, 0.15) is 65.4 Å². The summed E-state index contributed by atoms with van der Waals surface area (Å²) < 4.78 is 150. The zero-order valence-electron chi connectivity index (χ0n) is 26.7. The van der Waals surface area contributed by atoms with Gasteiger partial charge in [-0.2, -0.15) is 8.42 Å². The molecule has 3 unspecified atom stereocenters. The predicted molar refractivity (Wildman–Crippen MR) is 170 cm³/mol. The van der Waals surface area contributed by atoms with Gasteiger partial charge in [0.2, 0.25) is 4.93 Å². The number of ether oxygens (including phenoxy) is 2. The van der Waals surface area contributed by atoms with E-state index in [4.69, 9.17) is 9.47 Å². The molecule has 1 aromatic rings. The van der Waals surface area contributed by atoms with Gasteiger partial charge in [-0.15, -0.1) is 0 Å². The largest absolute Gasteiger partial charge is 0.487 e. The third kappa shape index (κ3) is 10.1. The zero-order chi connectivity index (χ0) is 35.0. The minimum atomic E-state index is -4.70. The molecule has 13 nitrogen and oxygen atoms in total. The van der Waals surface area contributed by atoms with E-state index >= 15 is 0 Å². The fourth-order valence-corrected chi connectivity index (χ4v) is 10.9. The summed E-state index contributed by atoms with van der Waals surface area (Å²) in [5.74, 6) is -2.10. The van der Waals surface area contributed by atoms with Gasteiger partial charge in [-0.25, -0.2) is 33.7 Å². The first-order valence-corrected chi connectivity index (χ1v) is 23.3. The average molecular weight is 737 g/mol. The van der Waals surface area contributed by atoms with Gasteiger partial charge in [-0.3, -0.25) is 4.55 Å². The highest BCUT2D eigenvalue weighted by Crippen LogP contribution is 2.51. The second-order valence-electron chi connectivity index (χ2n) is 12.4. The highest BCUT2D eigenvalue weighted by molar-refractivity contribution is 7.94. The third-order valence-electron chi connectivity index (χ3n) is 7.26. The molecule has 2 rings (SSSR count). The number of rotatable bonds is 15. The molecule has 1 heterocycles. The molecule has 0 fully saturated rings. The van der Waals surface area contributed by atoms with Crippen molar-refractivity contribution in [2.75, 3.05) is 30.8 Å². The topological polar surface area (TPSA) is 209 Å². The van der Waals surface area contributed by atoms with Gasteiger partial charge >= 0.3 is 0 Å². The van der Waals surface area contributed by atoms with E-state index in [0.29, 0.717) is 31.1 Å². The molecule has 0 aromatic heterocycles. The van der Waals surface area contributed by atoms with Crippen molar-refractivity contribution in [3.05, 3.63) is 17.7 Å². The summed E-state index contributed by atoms with van der Waals surface area (Å²) in [7, 11) is -22.7. The van der Waals surface area contributed by atoms with Gasteiger partial charge in [-0.1, -0.05) is 46.1 Å². The van der Waals surface area contributed by atoms with Crippen LogP contribution in [0.5, 0.6) is 11.5 Å². The van der Waals surface area contributed by atoms with Crippen molar-refractivity contribution in [3.8, 4) is 11.5 Å². The van der Waals surface area contributed by atoms with Gasteiger partial charge in [0.1, 0.15) is 32.3 Å². The number of hydrogen-bond donors (Lipinski definition) is 1. The van der Waals surface area contributed by atoms with E-state index in [1.807, 2.05) is 6.92 Å². The lowest BCUT2D eigenvalue weighted by Gasteiger charge is -2.37. The van der Waals surface area contributed by atoms with E-state index in [2.05, 4.69) is 13.8 Å². The van der Waals surface area contributed by atoms with Crippen molar-refractivity contribution >= 4 is 49.5 Å². The van der Waals surface area contributed by atoms with Crippen LogP contribution in [0.3, 0.4) is 0 Å². The van der Waals surface area contributed by atoms with Gasteiger partial charge in [0.25, 0.3) is 10.1 Å². The first-order chi connectivity index (χ1) is 20.1. The lowest BCUT2D eigenvalue weighted by molar-refractivity contribution is 0.161. The van der Waals surface area contributed by atoms with Crippen LogP contribution < -0.4 is 9.47 Å². The van der Waals surface area contributed by atoms with Crippen LogP contribution in [0.4, 0.5) is 0 Å². The first-order valence-electron chi connectivity index (χ1n) is 14.1. The average Bonchev–Trinajstić information content (AvgIpc) is 2.78.